The Bertz CT molecular complexity index is 523. The number of carbonyl (C=O) groups excluding carboxylic acids is 1. The summed E-state index contributed by atoms with van der Waals surface area (Å²) in [5, 5.41) is 12.0. The van der Waals surface area contributed by atoms with Gasteiger partial charge in [-0.05, 0) is 18.6 Å². The van der Waals surface area contributed by atoms with E-state index < -0.39 is 12.0 Å². The highest BCUT2D eigenvalue weighted by molar-refractivity contribution is 8.00. The summed E-state index contributed by atoms with van der Waals surface area (Å²) in [6, 6.07) is 2.55. The summed E-state index contributed by atoms with van der Waals surface area (Å²) in [5.41, 5.74) is 0. The monoisotopic (exact) mass is 348 g/mol. The van der Waals surface area contributed by atoms with Crippen molar-refractivity contribution < 1.29 is 14.7 Å². The van der Waals surface area contributed by atoms with Crippen molar-refractivity contribution in [1.29, 1.82) is 0 Å². The number of thiophene rings is 1. The van der Waals surface area contributed by atoms with Crippen LogP contribution >= 0.6 is 34.7 Å². The van der Waals surface area contributed by atoms with E-state index in [2.05, 4.69) is 5.32 Å². The van der Waals surface area contributed by atoms with E-state index in [0.717, 1.165) is 17.7 Å². The normalized spacial score (nSPS) is 21.5. The first-order valence-corrected chi connectivity index (χ1v) is 8.92. The number of nitrogens with zero attached hydrogens (tertiary/aromatic N) is 1. The number of amides is 2. The van der Waals surface area contributed by atoms with Crippen molar-refractivity contribution in [2.45, 2.75) is 37.7 Å². The summed E-state index contributed by atoms with van der Waals surface area (Å²) < 4.78 is 0.670. The van der Waals surface area contributed by atoms with Gasteiger partial charge in [-0.15, -0.1) is 23.1 Å². The van der Waals surface area contributed by atoms with E-state index >= 15 is 0 Å². The van der Waals surface area contributed by atoms with Gasteiger partial charge < -0.3 is 10.4 Å². The third-order valence-corrected chi connectivity index (χ3v) is 5.78. The SMILES string of the molecule is CCCC1SCC(C(=O)O)N1C(=O)NCc1ccc(Cl)s1. The van der Waals surface area contributed by atoms with Crippen molar-refractivity contribution in [3.05, 3.63) is 21.3 Å². The van der Waals surface area contributed by atoms with E-state index in [1.54, 1.807) is 6.07 Å². The van der Waals surface area contributed by atoms with Crippen LogP contribution in [0.15, 0.2) is 12.1 Å². The van der Waals surface area contributed by atoms with Crippen LogP contribution in [0.25, 0.3) is 0 Å². The van der Waals surface area contributed by atoms with E-state index in [4.69, 9.17) is 11.6 Å². The van der Waals surface area contributed by atoms with E-state index in [9.17, 15) is 14.7 Å². The van der Waals surface area contributed by atoms with Crippen molar-refractivity contribution in [2.24, 2.45) is 0 Å². The summed E-state index contributed by atoms with van der Waals surface area (Å²) in [7, 11) is 0. The zero-order valence-corrected chi connectivity index (χ0v) is 13.9. The number of urea groups is 1. The second-order valence-electron chi connectivity index (χ2n) is 4.70. The molecule has 8 heteroatoms. The molecule has 5 nitrogen and oxygen atoms in total. The zero-order chi connectivity index (χ0) is 15.4. The van der Waals surface area contributed by atoms with Gasteiger partial charge in [0, 0.05) is 10.6 Å². The Kier molecular flexibility index (Phi) is 5.78. The predicted molar refractivity (Wildman–Crippen MR) is 86.0 cm³/mol. The minimum Gasteiger partial charge on any atom is -0.480 e. The quantitative estimate of drug-likeness (QED) is 0.857. The Hall–Kier alpha value is -0.920. The third kappa shape index (κ3) is 4.05. The van der Waals surface area contributed by atoms with E-state index in [1.165, 1.54) is 28.0 Å². The van der Waals surface area contributed by atoms with Gasteiger partial charge >= 0.3 is 12.0 Å². The van der Waals surface area contributed by atoms with Crippen LogP contribution in [0.3, 0.4) is 0 Å². The first-order chi connectivity index (χ1) is 10.0. The first-order valence-electron chi connectivity index (χ1n) is 6.67. The van der Waals surface area contributed by atoms with Gasteiger partial charge in [-0.1, -0.05) is 24.9 Å². The zero-order valence-electron chi connectivity index (χ0n) is 11.5. The lowest BCUT2D eigenvalue weighted by Gasteiger charge is -2.27. The molecule has 2 heterocycles. The largest absolute Gasteiger partial charge is 0.480 e. The lowest BCUT2D eigenvalue weighted by atomic mass is 10.2. The average Bonchev–Trinajstić information content (AvgIpc) is 3.03. The number of aliphatic carboxylic acids is 1. The Balaban J connectivity index is 2.00. The number of hydrogen-bond donors (Lipinski definition) is 2. The van der Waals surface area contributed by atoms with Gasteiger partial charge in [0.1, 0.15) is 6.04 Å². The fourth-order valence-electron chi connectivity index (χ4n) is 2.20. The van der Waals surface area contributed by atoms with Crippen molar-refractivity contribution >= 4 is 46.7 Å². The Morgan fingerprint density at radius 1 is 1.52 bits per heavy atom. The average molecular weight is 349 g/mol. The van der Waals surface area contributed by atoms with Crippen molar-refractivity contribution in [3.63, 3.8) is 0 Å². The molecule has 0 aromatic carbocycles. The van der Waals surface area contributed by atoms with Crippen LogP contribution in [0.1, 0.15) is 24.6 Å². The van der Waals surface area contributed by atoms with Crippen LogP contribution in [0, 0.1) is 0 Å². The maximum absolute atomic E-state index is 12.3. The summed E-state index contributed by atoms with van der Waals surface area (Å²) >= 11 is 8.78. The highest BCUT2D eigenvalue weighted by Gasteiger charge is 2.41. The van der Waals surface area contributed by atoms with Crippen molar-refractivity contribution in [3.8, 4) is 0 Å². The Morgan fingerprint density at radius 2 is 2.29 bits per heavy atom. The van der Waals surface area contributed by atoms with E-state index in [-0.39, 0.29) is 11.4 Å². The van der Waals surface area contributed by atoms with Crippen LogP contribution in [0.5, 0.6) is 0 Å². The fraction of sp³-hybridized carbons (Fsp3) is 0.538. The molecule has 0 aliphatic carbocycles. The van der Waals surface area contributed by atoms with Gasteiger partial charge in [-0.2, -0.15) is 0 Å². The van der Waals surface area contributed by atoms with E-state index in [1.807, 2.05) is 13.0 Å². The molecule has 2 rings (SSSR count). The summed E-state index contributed by atoms with van der Waals surface area (Å²) in [6.45, 7) is 2.39. The molecule has 0 saturated carbocycles. The molecule has 1 aliphatic rings. The van der Waals surface area contributed by atoms with Gasteiger partial charge in [0.25, 0.3) is 0 Å². The molecule has 2 unspecified atom stereocenters. The highest BCUT2D eigenvalue weighted by Crippen LogP contribution is 2.32. The number of rotatable bonds is 5. The van der Waals surface area contributed by atoms with Crippen LogP contribution in [0.4, 0.5) is 4.79 Å². The van der Waals surface area contributed by atoms with Gasteiger partial charge in [0.05, 0.1) is 16.3 Å². The molecule has 116 valence electrons. The first kappa shape index (κ1) is 16.5. The molecule has 21 heavy (non-hydrogen) atoms. The van der Waals surface area contributed by atoms with Gasteiger partial charge in [-0.3, -0.25) is 4.90 Å². The topological polar surface area (TPSA) is 69.6 Å². The standard InChI is InChI=1S/C13H17ClN2O3S2/c1-2-3-11-16(9(7-20-11)12(17)18)13(19)15-6-8-4-5-10(14)21-8/h4-5,9,11H,2-3,6-7H2,1H3,(H,15,19)(H,17,18). The maximum atomic E-state index is 12.3. The van der Waals surface area contributed by atoms with E-state index in [0.29, 0.717) is 16.6 Å². The third-order valence-electron chi connectivity index (χ3n) is 3.19. The number of thioether (sulfide) groups is 1. The molecule has 1 aromatic heterocycles. The molecular weight excluding hydrogens is 332 g/mol. The van der Waals surface area contributed by atoms with Crippen molar-refractivity contribution in [2.75, 3.05) is 5.75 Å². The summed E-state index contributed by atoms with van der Waals surface area (Å²) in [6.07, 6.45) is 1.71. The number of carboxylic acid groups (broad SMARTS) is 1. The molecule has 2 N–H and O–H groups in total. The highest BCUT2D eigenvalue weighted by atomic mass is 35.5. The van der Waals surface area contributed by atoms with Gasteiger partial charge in [0.15, 0.2) is 0 Å². The number of halogens is 1. The van der Waals surface area contributed by atoms with Gasteiger partial charge in [0.2, 0.25) is 0 Å². The number of carboxylic acids is 1. The minimum atomic E-state index is -0.949. The number of carbonyl (C=O) groups is 2. The second kappa shape index (κ2) is 7.38. The molecule has 1 saturated heterocycles. The van der Waals surface area contributed by atoms with Crippen LogP contribution in [-0.4, -0.2) is 39.2 Å². The Morgan fingerprint density at radius 3 is 2.86 bits per heavy atom. The molecule has 2 atom stereocenters. The van der Waals surface area contributed by atoms with Crippen molar-refractivity contribution in [1.82, 2.24) is 10.2 Å². The molecule has 1 fully saturated rings. The molecule has 0 spiro atoms. The molecule has 1 aromatic rings. The van der Waals surface area contributed by atoms with Crippen LogP contribution in [0.2, 0.25) is 4.34 Å². The lowest BCUT2D eigenvalue weighted by Crippen LogP contribution is -2.49. The number of nitrogens with one attached hydrogen (secondary N) is 1. The Labute approximate surface area is 136 Å². The molecule has 2 amide bonds. The van der Waals surface area contributed by atoms with Crippen LogP contribution < -0.4 is 5.32 Å². The summed E-state index contributed by atoms with van der Waals surface area (Å²) in [4.78, 5) is 26.0. The number of hydrogen-bond acceptors (Lipinski definition) is 4. The minimum absolute atomic E-state index is 0.0666. The molecule has 1 aliphatic heterocycles. The lowest BCUT2D eigenvalue weighted by molar-refractivity contribution is -0.141. The smallest absolute Gasteiger partial charge is 0.327 e. The summed E-state index contributed by atoms with van der Waals surface area (Å²) in [5.74, 6) is -0.506. The fourth-order valence-corrected chi connectivity index (χ4v) is 4.74. The molecule has 0 bridgehead atoms. The van der Waals surface area contributed by atoms with Crippen LogP contribution in [-0.2, 0) is 11.3 Å². The predicted octanol–water partition coefficient (Wildman–Crippen LogP) is 3.24. The van der Waals surface area contributed by atoms with Gasteiger partial charge in [-0.25, -0.2) is 9.59 Å². The molecular formula is C13H17ClN2O3S2. The second-order valence-corrected chi connectivity index (χ2v) is 7.71. The maximum Gasteiger partial charge on any atom is 0.327 e. The molecule has 0 radical (unpaired) electrons.